The van der Waals surface area contributed by atoms with Crippen LogP contribution in [0.5, 0.6) is 0 Å². The number of carbonyl (C=O) groups excluding carboxylic acids is 1. The molecule has 0 aromatic rings. The molecule has 24 heavy (non-hydrogen) atoms. The van der Waals surface area contributed by atoms with Crippen molar-refractivity contribution in [2.24, 2.45) is 4.99 Å². The van der Waals surface area contributed by atoms with Crippen molar-refractivity contribution >= 4 is 12.1 Å². The van der Waals surface area contributed by atoms with Crippen LogP contribution in [0, 0.1) is 0 Å². The fourth-order valence-electron chi connectivity index (χ4n) is 3.34. The maximum atomic E-state index is 11.8. The van der Waals surface area contributed by atoms with E-state index in [9.17, 15) is 4.79 Å². The summed E-state index contributed by atoms with van der Waals surface area (Å²) >= 11 is 0. The highest BCUT2D eigenvalue weighted by Crippen LogP contribution is 2.15. The maximum Gasteiger partial charge on any atom is 0.409 e. The number of rotatable bonds is 5. The van der Waals surface area contributed by atoms with Gasteiger partial charge < -0.3 is 25.2 Å². The molecule has 0 bridgehead atoms. The highest BCUT2D eigenvalue weighted by Gasteiger charge is 2.24. The summed E-state index contributed by atoms with van der Waals surface area (Å²) in [5.74, 6) is 0.896. The summed E-state index contributed by atoms with van der Waals surface area (Å²) in [5, 5.41) is 6.87. The Kier molecular flexibility index (Phi) is 7.62. The van der Waals surface area contributed by atoms with Crippen LogP contribution in [-0.2, 0) is 4.74 Å². The quantitative estimate of drug-likeness (QED) is 0.583. The summed E-state index contributed by atoms with van der Waals surface area (Å²) in [7, 11) is 2.18. The predicted octanol–water partition coefficient (Wildman–Crippen LogP) is 1.26. The zero-order chi connectivity index (χ0) is 17.4. The molecular weight excluding hydrogens is 306 g/mol. The smallest absolute Gasteiger partial charge is 0.409 e. The Labute approximate surface area is 145 Å². The van der Waals surface area contributed by atoms with E-state index in [0.29, 0.717) is 18.7 Å². The van der Waals surface area contributed by atoms with E-state index >= 15 is 0 Å². The highest BCUT2D eigenvalue weighted by molar-refractivity contribution is 5.80. The van der Waals surface area contributed by atoms with E-state index in [1.165, 1.54) is 19.4 Å². The van der Waals surface area contributed by atoms with Crippen molar-refractivity contribution < 1.29 is 9.53 Å². The summed E-state index contributed by atoms with van der Waals surface area (Å²) in [6.07, 6.45) is 4.16. The Morgan fingerprint density at radius 2 is 1.96 bits per heavy atom. The molecule has 1 amide bonds. The van der Waals surface area contributed by atoms with Gasteiger partial charge in [0.15, 0.2) is 5.96 Å². The van der Waals surface area contributed by atoms with Crippen LogP contribution in [-0.4, -0.2) is 80.3 Å². The Morgan fingerprint density at radius 1 is 1.21 bits per heavy atom. The Morgan fingerprint density at radius 3 is 2.54 bits per heavy atom. The number of nitrogens with zero attached hydrogens (tertiary/aromatic N) is 3. The van der Waals surface area contributed by atoms with Gasteiger partial charge in [-0.2, -0.15) is 0 Å². The molecule has 2 saturated heterocycles. The Balaban J connectivity index is 1.79. The number of aliphatic imine (C=N–C) groups is 1. The van der Waals surface area contributed by atoms with E-state index in [0.717, 1.165) is 45.0 Å². The van der Waals surface area contributed by atoms with E-state index in [1.807, 2.05) is 6.92 Å². The first kappa shape index (κ1) is 18.8. The van der Waals surface area contributed by atoms with Gasteiger partial charge in [0.2, 0.25) is 0 Å². The van der Waals surface area contributed by atoms with Crippen molar-refractivity contribution in [1.82, 2.24) is 20.4 Å². The van der Waals surface area contributed by atoms with E-state index < -0.39 is 0 Å². The van der Waals surface area contributed by atoms with E-state index in [4.69, 9.17) is 9.73 Å². The average molecular weight is 339 g/mol. The van der Waals surface area contributed by atoms with Gasteiger partial charge in [-0.1, -0.05) is 0 Å². The lowest BCUT2D eigenvalue weighted by atomic mass is 10.1. The van der Waals surface area contributed by atoms with Crippen LogP contribution >= 0.6 is 0 Å². The number of likely N-dealkylation sites (tertiary alicyclic amines) is 2. The van der Waals surface area contributed by atoms with Crippen LogP contribution in [0.1, 0.15) is 39.5 Å². The van der Waals surface area contributed by atoms with E-state index in [1.54, 1.807) is 4.90 Å². The van der Waals surface area contributed by atoms with Gasteiger partial charge in [0.05, 0.1) is 13.2 Å². The summed E-state index contributed by atoms with van der Waals surface area (Å²) in [5.41, 5.74) is 0. The number of likely N-dealkylation sites (N-methyl/N-ethyl adjacent to an activating group) is 1. The summed E-state index contributed by atoms with van der Waals surface area (Å²) < 4.78 is 5.07. The van der Waals surface area contributed by atoms with Gasteiger partial charge in [-0.05, 0) is 53.1 Å². The van der Waals surface area contributed by atoms with Gasteiger partial charge in [-0.3, -0.25) is 4.99 Å². The molecule has 7 nitrogen and oxygen atoms in total. The third-order valence-corrected chi connectivity index (χ3v) is 4.84. The first-order valence-electron chi connectivity index (χ1n) is 9.30. The topological polar surface area (TPSA) is 69.2 Å². The largest absolute Gasteiger partial charge is 0.450 e. The number of hydrogen-bond acceptors (Lipinski definition) is 4. The van der Waals surface area contributed by atoms with E-state index in [2.05, 4.69) is 29.5 Å². The van der Waals surface area contributed by atoms with Crippen LogP contribution in [0.4, 0.5) is 4.79 Å². The first-order chi connectivity index (χ1) is 11.6. The molecular formula is C17H33N5O2. The SMILES string of the molecule is CCNC(=NCC1CCCN1C)NC1CCN(C(=O)OCC)CC1. The maximum absolute atomic E-state index is 11.8. The van der Waals surface area contributed by atoms with E-state index in [-0.39, 0.29) is 6.09 Å². The second kappa shape index (κ2) is 9.71. The Hall–Kier alpha value is -1.50. The molecule has 0 aliphatic carbocycles. The van der Waals surface area contributed by atoms with Gasteiger partial charge in [-0.25, -0.2) is 4.79 Å². The minimum absolute atomic E-state index is 0.194. The summed E-state index contributed by atoms with van der Waals surface area (Å²) in [6, 6.07) is 0.918. The molecule has 0 radical (unpaired) electrons. The monoisotopic (exact) mass is 339 g/mol. The minimum atomic E-state index is -0.194. The normalized spacial score (nSPS) is 23.4. The molecule has 2 aliphatic heterocycles. The first-order valence-corrected chi connectivity index (χ1v) is 9.30. The molecule has 138 valence electrons. The number of nitrogens with one attached hydrogen (secondary N) is 2. The lowest BCUT2D eigenvalue weighted by Gasteiger charge is -2.32. The lowest BCUT2D eigenvalue weighted by molar-refractivity contribution is 0.0963. The van der Waals surface area contributed by atoms with Crippen molar-refractivity contribution in [3.8, 4) is 0 Å². The highest BCUT2D eigenvalue weighted by atomic mass is 16.6. The standard InChI is InChI=1S/C17H33N5O2/c1-4-18-16(19-13-15-7-6-10-21(15)3)20-14-8-11-22(12-9-14)17(23)24-5-2/h14-15H,4-13H2,1-3H3,(H2,18,19,20). The molecule has 2 heterocycles. The summed E-state index contributed by atoms with van der Waals surface area (Å²) in [6.45, 7) is 8.71. The molecule has 0 aromatic heterocycles. The fraction of sp³-hybridized carbons (Fsp3) is 0.882. The Bertz CT molecular complexity index is 421. The molecule has 2 fully saturated rings. The molecule has 0 aromatic carbocycles. The van der Waals surface area contributed by atoms with Crippen molar-refractivity contribution in [2.75, 3.05) is 46.4 Å². The van der Waals surface area contributed by atoms with Gasteiger partial charge in [-0.15, -0.1) is 0 Å². The predicted molar refractivity (Wildman–Crippen MR) is 96.4 cm³/mol. The van der Waals surface area contributed by atoms with Gasteiger partial charge in [0, 0.05) is 31.7 Å². The third kappa shape index (κ3) is 5.54. The fourth-order valence-corrected chi connectivity index (χ4v) is 3.34. The second-order valence-electron chi connectivity index (χ2n) is 6.60. The van der Waals surface area contributed by atoms with Crippen molar-refractivity contribution in [1.29, 1.82) is 0 Å². The molecule has 2 rings (SSSR count). The lowest BCUT2D eigenvalue weighted by Crippen LogP contribution is -2.50. The number of guanidine groups is 1. The van der Waals surface area contributed by atoms with Crippen molar-refractivity contribution in [3.05, 3.63) is 0 Å². The number of carbonyl (C=O) groups is 1. The van der Waals surface area contributed by atoms with Crippen LogP contribution in [0.15, 0.2) is 4.99 Å². The van der Waals surface area contributed by atoms with Crippen LogP contribution < -0.4 is 10.6 Å². The molecule has 7 heteroatoms. The number of hydrogen-bond donors (Lipinski definition) is 2. The summed E-state index contributed by atoms with van der Waals surface area (Å²) in [4.78, 5) is 20.7. The molecule has 1 atom stereocenters. The third-order valence-electron chi connectivity index (χ3n) is 4.84. The second-order valence-corrected chi connectivity index (χ2v) is 6.60. The molecule has 0 spiro atoms. The molecule has 2 aliphatic rings. The van der Waals surface area contributed by atoms with Crippen LogP contribution in [0.25, 0.3) is 0 Å². The number of ether oxygens (including phenoxy) is 1. The van der Waals surface area contributed by atoms with Gasteiger partial charge >= 0.3 is 6.09 Å². The minimum Gasteiger partial charge on any atom is -0.450 e. The average Bonchev–Trinajstić information content (AvgIpc) is 2.99. The van der Waals surface area contributed by atoms with Crippen molar-refractivity contribution in [3.63, 3.8) is 0 Å². The van der Waals surface area contributed by atoms with Crippen LogP contribution in [0.2, 0.25) is 0 Å². The zero-order valence-corrected chi connectivity index (χ0v) is 15.4. The number of amides is 1. The van der Waals surface area contributed by atoms with Gasteiger partial charge in [0.1, 0.15) is 0 Å². The van der Waals surface area contributed by atoms with Crippen LogP contribution in [0.3, 0.4) is 0 Å². The molecule has 1 unspecified atom stereocenters. The van der Waals surface area contributed by atoms with Crippen molar-refractivity contribution in [2.45, 2.75) is 51.6 Å². The molecule has 2 N–H and O–H groups in total. The molecule has 0 saturated carbocycles. The zero-order valence-electron chi connectivity index (χ0n) is 15.4. The number of piperidine rings is 1. The van der Waals surface area contributed by atoms with Gasteiger partial charge in [0.25, 0.3) is 0 Å².